The maximum absolute atomic E-state index is 5.83. The smallest absolute Gasteiger partial charge is 0.213 e. The quantitative estimate of drug-likeness (QED) is 0.439. The lowest BCUT2D eigenvalue weighted by Gasteiger charge is -2.36. The van der Waals surface area contributed by atoms with Crippen molar-refractivity contribution in [2.24, 2.45) is 16.8 Å². The van der Waals surface area contributed by atoms with Crippen LogP contribution in [0, 0.1) is 11.8 Å². The number of nitrogens with one attached hydrogen (secondary N) is 1. The Balaban J connectivity index is 0.00000264. The lowest BCUT2D eigenvalue weighted by atomic mass is 9.92. The molecule has 1 aromatic rings. The van der Waals surface area contributed by atoms with E-state index in [1.807, 2.05) is 13.2 Å². The zero-order chi connectivity index (χ0) is 16.3. The summed E-state index contributed by atoms with van der Waals surface area (Å²) in [6, 6.07) is 0. The number of piperidine rings is 1. The van der Waals surface area contributed by atoms with Crippen molar-refractivity contribution in [3.63, 3.8) is 0 Å². The van der Waals surface area contributed by atoms with E-state index >= 15 is 0 Å². The van der Waals surface area contributed by atoms with E-state index < -0.39 is 0 Å². The van der Waals surface area contributed by atoms with Crippen LogP contribution in [0.1, 0.15) is 52.7 Å². The van der Waals surface area contributed by atoms with Crippen molar-refractivity contribution < 1.29 is 4.42 Å². The van der Waals surface area contributed by atoms with Gasteiger partial charge >= 0.3 is 0 Å². The van der Waals surface area contributed by atoms with Gasteiger partial charge in [-0.3, -0.25) is 4.99 Å². The Labute approximate surface area is 157 Å². The van der Waals surface area contributed by atoms with E-state index in [0.29, 0.717) is 24.3 Å². The predicted molar refractivity (Wildman–Crippen MR) is 105 cm³/mol. The Bertz CT molecular complexity index is 511. The van der Waals surface area contributed by atoms with Gasteiger partial charge in [0.1, 0.15) is 5.76 Å². The zero-order valence-corrected chi connectivity index (χ0v) is 17.5. The first-order valence-electron chi connectivity index (χ1n) is 8.20. The third-order valence-corrected chi connectivity index (χ3v) is 4.07. The average molecular weight is 434 g/mol. The van der Waals surface area contributed by atoms with E-state index in [1.165, 1.54) is 6.42 Å². The topological polar surface area (TPSA) is 53.7 Å². The van der Waals surface area contributed by atoms with Gasteiger partial charge in [0.25, 0.3) is 0 Å². The van der Waals surface area contributed by atoms with Gasteiger partial charge in [-0.05, 0) is 18.3 Å². The fourth-order valence-electron chi connectivity index (χ4n) is 3.06. The van der Waals surface area contributed by atoms with Gasteiger partial charge in [0, 0.05) is 25.6 Å². The lowest BCUT2D eigenvalue weighted by Crippen LogP contribution is -2.48. The van der Waals surface area contributed by atoms with Gasteiger partial charge in [0.2, 0.25) is 5.89 Å². The van der Waals surface area contributed by atoms with E-state index in [9.17, 15) is 0 Å². The van der Waals surface area contributed by atoms with Crippen LogP contribution >= 0.6 is 24.0 Å². The van der Waals surface area contributed by atoms with E-state index in [4.69, 9.17) is 4.42 Å². The number of aliphatic imine (C=N–C) groups is 1. The summed E-state index contributed by atoms with van der Waals surface area (Å²) in [5, 5.41) is 3.38. The molecule has 0 amide bonds. The fourth-order valence-corrected chi connectivity index (χ4v) is 3.06. The minimum absolute atomic E-state index is 0. The van der Waals surface area contributed by atoms with E-state index in [2.05, 4.69) is 54.8 Å². The third kappa shape index (κ3) is 5.65. The summed E-state index contributed by atoms with van der Waals surface area (Å²) in [6.45, 7) is 13.7. The summed E-state index contributed by atoms with van der Waals surface area (Å²) in [4.78, 5) is 11.1. The molecular weight excluding hydrogens is 403 g/mol. The molecule has 2 unspecified atom stereocenters. The molecule has 0 saturated carbocycles. The normalized spacial score (nSPS) is 22.7. The first-order chi connectivity index (χ1) is 10.3. The van der Waals surface area contributed by atoms with Gasteiger partial charge < -0.3 is 14.6 Å². The summed E-state index contributed by atoms with van der Waals surface area (Å²) in [5.41, 5.74) is -0.00927. The second kappa shape index (κ2) is 8.35. The molecule has 132 valence electrons. The molecule has 5 nitrogen and oxygen atoms in total. The number of halogens is 1. The molecule has 0 aliphatic carbocycles. The maximum atomic E-state index is 5.83. The van der Waals surface area contributed by atoms with Crippen molar-refractivity contribution in [1.82, 2.24) is 15.2 Å². The summed E-state index contributed by atoms with van der Waals surface area (Å²) in [5.74, 6) is 3.98. The standard InChI is InChI=1S/C17H30N4O.HI/c1-12-7-13(2)11-21(10-12)16(18-6)20-9-15-19-8-14(22-15)17(3,4)5;/h8,12-13H,7,9-11H2,1-6H3,(H,18,20);1H. The van der Waals surface area contributed by atoms with Gasteiger partial charge in [-0.2, -0.15) is 0 Å². The van der Waals surface area contributed by atoms with Crippen LogP contribution in [0.2, 0.25) is 0 Å². The van der Waals surface area contributed by atoms with E-state index in [0.717, 1.165) is 24.8 Å². The number of aromatic nitrogens is 1. The number of hydrogen-bond acceptors (Lipinski definition) is 3. The molecule has 1 aromatic heterocycles. The number of oxazole rings is 1. The third-order valence-electron chi connectivity index (χ3n) is 4.07. The summed E-state index contributed by atoms with van der Waals surface area (Å²) in [6.07, 6.45) is 3.12. The van der Waals surface area contributed by atoms with Crippen molar-refractivity contribution in [3.8, 4) is 0 Å². The number of likely N-dealkylation sites (tertiary alicyclic amines) is 1. The van der Waals surface area contributed by atoms with Crippen molar-refractivity contribution in [2.75, 3.05) is 20.1 Å². The first-order valence-corrected chi connectivity index (χ1v) is 8.20. The molecule has 2 rings (SSSR count). The average Bonchev–Trinajstić information content (AvgIpc) is 2.87. The molecule has 0 radical (unpaired) electrons. The number of rotatable bonds is 2. The largest absolute Gasteiger partial charge is 0.443 e. The van der Waals surface area contributed by atoms with Crippen LogP contribution in [-0.2, 0) is 12.0 Å². The summed E-state index contributed by atoms with van der Waals surface area (Å²) < 4.78 is 5.83. The van der Waals surface area contributed by atoms with Gasteiger partial charge in [0.05, 0.1) is 12.7 Å². The molecule has 6 heteroatoms. The molecule has 1 aliphatic heterocycles. The van der Waals surface area contributed by atoms with Crippen LogP contribution in [0.25, 0.3) is 0 Å². The molecule has 23 heavy (non-hydrogen) atoms. The monoisotopic (exact) mass is 434 g/mol. The molecule has 1 saturated heterocycles. The molecule has 1 fully saturated rings. The van der Waals surface area contributed by atoms with Crippen LogP contribution in [0.4, 0.5) is 0 Å². The molecule has 0 aromatic carbocycles. The zero-order valence-electron chi connectivity index (χ0n) is 15.2. The highest BCUT2D eigenvalue weighted by Crippen LogP contribution is 2.23. The maximum Gasteiger partial charge on any atom is 0.213 e. The van der Waals surface area contributed by atoms with Gasteiger partial charge in [-0.15, -0.1) is 24.0 Å². The minimum atomic E-state index is -0.00927. The number of hydrogen-bond donors (Lipinski definition) is 1. The predicted octanol–water partition coefficient (Wildman–Crippen LogP) is 3.64. The molecule has 2 atom stereocenters. The van der Waals surface area contributed by atoms with E-state index in [-0.39, 0.29) is 29.4 Å². The van der Waals surface area contributed by atoms with E-state index in [1.54, 1.807) is 0 Å². The van der Waals surface area contributed by atoms with Gasteiger partial charge in [-0.1, -0.05) is 34.6 Å². The Kier molecular flexibility index (Phi) is 7.35. The van der Waals surface area contributed by atoms with Crippen LogP contribution < -0.4 is 5.32 Å². The Morgan fingerprint density at radius 3 is 2.43 bits per heavy atom. The Hall–Kier alpha value is -0.790. The fraction of sp³-hybridized carbons (Fsp3) is 0.765. The molecule has 1 aliphatic rings. The van der Waals surface area contributed by atoms with Crippen LogP contribution in [0.3, 0.4) is 0 Å². The summed E-state index contributed by atoms with van der Waals surface area (Å²) >= 11 is 0. The van der Waals surface area contributed by atoms with Gasteiger partial charge in [-0.25, -0.2) is 4.98 Å². The molecule has 0 spiro atoms. The van der Waals surface area contributed by atoms with Crippen molar-refractivity contribution in [3.05, 3.63) is 17.8 Å². The van der Waals surface area contributed by atoms with Gasteiger partial charge in [0.15, 0.2) is 5.96 Å². The molecular formula is C17H31IN4O. The molecule has 0 bridgehead atoms. The lowest BCUT2D eigenvalue weighted by molar-refractivity contribution is 0.208. The molecule has 2 heterocycles. The van der Waals surface area contributed by atoms with Crippen LogP contribution in [-0.4, -0.2) is 36.0 Å². The second-order valence-electron chi connectivity index (χ2n) is 7.62. The second-order valence-corrected chi connectivity index (χ2v) is 7.62. The van der Waals surface area contributed by atoms with Crippen molar-refractivity contribution >= 4 is 29.9 Å². The SMILES string of the molecule is CN=C(NCc1ncc(C(C)(C)C)o1)N1CC(C)CC(C)C1.I. The highest BCUT2D eigenvalue weighted by Gasteiger charge is 2.24. The van der Waals surface area contributed by atoms with Crippen molar-refractivity contribution in [1.29, 1.82) is 0 Å². The highest BCUT2D eigenvalue weighted by molar-refractivity contribution is 14.0. The number of guanidine groups is 1. The number of nitrogens with zero attached hydrogens (tertiary/aromatic N) is 3. The Morgan fingerprint density at radius 1 is 1.35 bits per heavy atom. The summed E-state index contributed by atoms with van der Waals surface area (Å²) in [7, 11) is 1.84. The van der Waals surface area contributed by atoms with Crippen LogP contribution in [0.5, 0.6) is 0 Å². The highest BCUT2D eigenvalue weighted by atomic mass is 127. The minimum Gasteiger partial charge on any atom is -0.443 e. The first kappa shape index (κ1) is 20.3. The van der Waals surface area contributed by atoms with Crippen LogP contribution in [0.15, 0.2) is 15.6 Å². The Morgan fingerprint density at radius 2 is 1.96 bits per heavy atom. The van der Waals surface area contributed by atoms with Crippen molar-refractivity contribution in [2.45, 2.75) is 53.0 Å². The molecule has 1 N–H and O–H groups in total.